The van der Waals surface area contributed by atoms with Gasteiger partial charge in [-0.25, -0.2) is 0 Å². The van der Waals surface area contributed by atoms with Crippen LogP contribution >= 0.6 is 0 Å². The first kappa shape index (κ1) is 14.3. The summed E-state index contributed by atoms with van der Waals surface area (Å²) in [5.74, 6) is 0.814. The van der Waals surface area contributed by atoms with Gasteiger partial charge in [0.2, 0.25) is 5.89 Å². The second kappa shape index (κ2) is 5.48. The number of carboxylic acids is 1. The first-order chi connectivity index (χ1) is 9.41. The minimum absolute atomic E-state index is 0.0522. The Labute approximate surface area is 116 Å². The summed E-state index contributed by atoms with van der Waals surface area (Å²) >= 11 is 0. The number of aliphatic carboxylic acids is 1. The molecule has 0 aliphatic heterocycles. The average Bonchev–Trinajstić information content (AvgIpc) is 2.93. The van der Waals surface area contributed by atoms with Crippen LogP contribution in [0.4, 0.5) is 0 Å². The zero-order chi connectivity index (χ0) is 14.8. The predicted molar refractivity (Wildman–Crippen MR) is 71.1 cm³/mol. The van der Waals surface area contributed by atoms with Crippen molar-refractivity contribution >= 4 is 5.97 Å². The number of hydrogen-bond acceptors (Lipinski definition) is 5. The van der Waals surface area contributed by atoms with Crippen molar-refractivity contribution in [3.05, 3.63) is 24.0 Å². The zero-order valence-corrected chi connectivity index (χ0v) is 11.8. The Hall–Kier alpha value is -2.11. The molecule has 0 fully saturated rings. The van der Waals surface area contributed by atoms with E-state index in [4.69, 9.17) is 13.9 Å². The van der Waals surface area contributed by atoms with Gasteiger partial charge < -0.3 is 13.9 Å². The lowest BCUT2D eigenvalue weighted by Crippen LogP contribution is -2.19. The van der Waals surface area contributed by atoms with E-state index in [9.17, 15) is 4.79 Å². The molecule has 0 radical (unpaired) electrons. The van der Waals surface area contributed by atoms with Gasteiger partial charge in [-0.15, -0.1) is 10.2 Å². The van der Waals surface area contributed by atoms with E-state index in [0.29, 0.717) is 18.2 Å². The highest BCUT2D eigenvalue weighted by Crippen LogP contribution is 2.28. The molecule has 0 amide bonds. The van der Waals surface area contributed by atoms with E-state index in [-0.39, 0.29) is 6.42 Å². The maximum absolute atomic E-state index is 10.8. The van der Waals surface area contributed by atoms with E-state index in [1.54, 1.807) is 12.3 Å². The monoisotopic (exact) mass is 278 g/mol. The predicted octanol–water partition coefficient (Wildman–Crippen LogP) is 2.94. The van der Waals surface area contributed by atoms with Gasteiger partial charge in [-0.3, -0.25) is 4.79 Å². The van der Waals surface area contributed by atoms with Crippen LogP contribution in [-0.4, -0.2) is 21.3 Å². The zero-order valence-electron chi connectivity index (χ0n) is 11.8. The molecule has 2 aromatic rings. The van der Waals surface area contributed by atoms with Crippen molar-refractivity contribution < 1.29 is 18.7 Å². The number of hydrogen-bond donors (Lipinski definition) is 1. The summed E-state index contributed by atoms with van der Waals surface area (Å²) in [5, 5.41) is 16.9. The summed E-state index contributed by atoms with van der Waals surface area (Å²) < 4.78 is 10.9. The fourth-order valence-corrected chi connectivity index (χ4v) is 2.12. The summed E-state index contributed by atoms with van der Waals surface area (Å²) in [6.45, 7) is 5.70. The highest BCUT2D eigenvalue weighted by atomic mass is 16.4. The van der Waals surface area contributed by atoms with Crippen LogP contribution in [0.25, 0.3) is 11.5 Å². The molecule has 20 heavy (non-hydrogen) atoms. The Morgan fingerprint density at radius 3 is 2.80 bits per heavy atom. The Balaban J connectivity index is 2.15. The van der Waals surface area contributed by atoms with Crippen LogP contribution in [-0.2, 0) is 17.6 Å². The molecule has 0 bridgehead atoms. The van der Waals surface area contributed by atoms with Crippen molar-refractivity contribution in [3.63, 3.8) is 0 Å². The molecule has 2 rings (SSSR count). The van der Waals surface area contributed by atoms with Crippen LogP contribution in [0.15, 0.2) is 21.2 Å². The van der Waals surface area contributed by atoms with Crippen LogP contribution in [0.3, 0.4) is 0 Å². The van der Waals surface area contributed by atoms with Crippen LogP contribution in [0, 0.1) is 5.41 Å². The molecule has 6 heteroatoms. The molecule has 0 aliphatic carbocycles. The van der Waals surface area contributed by atoms with E-state index < -0.39 is 11.4 Å². The maximum Gasteiger partial charge on any atom is 0.303 e. The van der Waals surface area contributed by atoms with Crippen LogP contribution < -0.4 is 0 Å². The summed E-state index contributed by atoms with van der Waals surface area (Å²) in [6, 6.07) is 1.79. The number of aromatic nitrogens is 2. The van der Waals surface area contributed by atoms with E-state index in [2.05, 4.69) is 10.2 Å². The van der Waals surface area contributed by atoms with Crippen LogP contribution in [0.5, 0.6) is 0 Å². The number of furan rings is 1. The number of rotatable bonds is 6. The van der Waals surface area contributed by atoms with Gasteiger partial charge in [0.1, 0.15) is 5.76 Å². The second-order valence-electron chi connectivity index (χ2n) is 5.52. The van der Waals surface area contributed by atoms with Gasteiger partial charge in [0.15, 0.2) is 0 Å². The van der Waals surface area contributed by atoms with Gasteiger partial charge in [0.25, 0.3) is 5.89 Å². The van der Waals surface area contributed by atoms with Gasteiger partial charge in [-0.2, -0.15) is 0 Å². The highest BCUT2D eigenvalue weighted by molar-refractivity contribution is 5.67. The molecule has 108 valence electrons. The third kappa shape index (κ3) is 3.26. The van der Waals surface area contributed by atoms with E-state index in [1.165, 1.54) is 0 Å². The standard InChI is InChI=1S/C14H18N2O4/c1-4-10-9(5-6-19-10)13-16-15-11(20-13)7-14(2,3)8-12(17)18/h5-6H,4,7-8H2,1-3H3,(H,17,18). The summed E-state index contributed by atoms with van der Waals surface area (Å²) in [6.07, 6.45) is 2.80. The van der Waals surface area contributed by atoms with E-state index in [0.717, 1.165) is 17.7 Å². The normalized spacial score (nSPS) is 11.8. The van der Waals surface area contributed by atoms with Crippen molar-refractivity contribution in [3.8, 4) is 11.5 Å². The fourth-order valence-electron chi connectivity index (χ4n) is 2.12. The molecule has 2 aromatic heterocycles. The Kier molecular flexibility index (Phi) is 3.92. The lowest BCUT2D eigenvalue weighted by atomic mass is 9.86. The topological polar surface area (TPSA) is 89.4 Å². The van der Waals surface area contributed by atoms with Crippen molar-refractivity contribution in [1.82, 2.24) is 10.2 Å². The fraction of sp³-hybridized carbons (Fsp3) is 0.500. The number of carbonyl (C=O) groups is 1. The molecule has 0 saturated heterocycles. The number of carboxylic acid groups (broad SMARTS) is 1. The summed E-state index contributed by atoms with van der Waals surface area (Å²) in [5.41, 5.74) is 0.363. The SMILES string of the molecule is CCc1occc1-c1nnc(CC(C)(C)CC(=O)O)o1. The van der Waals surface area contributed by atoms with Crippen molar-refractivity contribution in [2.24, 2.45) is 5.41 Å². The summed E-state index contributed by atoms with van der Waals surface area (Å²) in [7, 11) is 0. The minimum Gasteiger partial charge on any atom is -0.481 e. The average molecular weight is 278 g/mol. The Morgan fingerprint density at radius 2 is 2.15 bits per heavy atom. The third-order valence-electron chi connectivity index (χ3n) is 3.02. The molecule has 0 spiro atoms. The molecular weight excluding hydrogens is 260 g/mol. The van der Waals surface area contributed by atoms with Crippen LogP contribution in [0.1, 0.15) is 38.8 Å². The highest BCUT2D eigenvalue weighted by Gasteiger charge is 2.25. The minimum atomic E-state index is -0.835. The molecule has 6 nitrogen and oxygen atoms in total. The molecule has 1 N–H and O–H groups in total. The molecule has 2 heterocycles. The molecule has 0 aromatic carbocycles. The maximum atomic E-state index is 10.8. The molecule has 0 atom stereocenters. The lowest BCUT2D eigenvalue weighted by molar-refractivity contribution is -0.139. The quantitative estimate of drug-likeness (QED) is 0.873. The number of aryl methyl sites for hydroxylation is 1. The lowest BCUT2D eigenvalue weighted by Gasteiger charge is -2.19. The van der Waals surface area contributed by atoms with Crippen LogP contribution in [0.2, 0.25) is 0 Å². The molecule has 0 aliphatic rings. The van der Waals surface area contributed by atoms with Gasteiger partial charge in [-0.1, -0.05) is 20.8 Å². The van der Waals surface area contributed by atoms with Gasteiger partial charge in [0, 0.05) is 12.8 Å². The molecular formula is C14H18N2O4. The Morgan fingerprint density at radius 1 is 1.40 bits per heavy atom. The first-order valence-corrected chi connectivity index (χ1v) is 6.52. The van der Waals surface area contributed by atoms with Crippen molar-refractivity contribution in [2.45, 2.75) is 40.0 Å². The Bertz CT molecular complexity index is 598. The van der Waals surface area contributed by atoms with Gasteiger partial charge in [-0.05, 0) is 11.5 Å². The molecule has 0 saturated carbocycles. The largest absolute Gasteiger partial charge is 0.481 e. The second-order valence-corrected chi connectivity index (χ2v) is 5.52. The van der Waals surface area contributed by atoms with Gasteiger partial charge >= 0.3 is 5.97 Å². The summed E-state index contributed by atoms with van der Waals surface area (Å²) in [4.78, 5) is 10.8. The third-order valence-corrected chi connectivity index (χ3v) is 3.02. The van der Waals surface area contributed by atoms with E-state index in [1.807, 2.05) is 20.8 Å². The van der Waals surface area contributed by atoms with Crippen molar-refractivity contribution in [2.75, 3.05) is 0 Å². The van der Waals surface area contributed by atoms with Crippen molar-refractivity contribution in [1.29, 1.82) is 0 Å². The smallest absolute Gasteiger partial charge is 0.303 e. The van der Waals surface area contributed by atoms with Gasteiger partial charge in [0.05, 0.1) is 18.2 Å². The van der Waals surface area contributed by atoms with E-state index >= 15 is 0 Å². The molecule has 0 unspecified atom stereocenters. The first-order valence-electron chi connectivity index (χ1n) is 6.52. The number of nitrogens with zero attached hydrogens (tertiary/aromatic N) is 2.